The summed E-state index contributed by atoms with van der Waals surface area (Å²) in [5.41, 5.74) is 8.97. The summed E-state index contributed by atoms with van der Waals surface area (Å²) in [4.78, 5) is 5.52. The van der Waals surface area contributed by atoms with Gasteiger partial charge in [-0.25, -0.2) is 4.98 Å². The molecule has 2 rings (SSSR count). The molecule has 3 N–H and O–H groups in total. The molecule has 0 amide bonds. The quantitative estimate of drug-likeness (QED) is 0.769. The van der Waals surface area contributed by atoms with E-state index in [1.807, 2.05) is 5.51 Å². The summed E-state index contributed by atoms with van der Waals surface area (Å²) in [7, 11) is 0. The third-order valence-electron chi connectivity index (χ3n) is 2.36. The summed E-state index contributed by atoms with van der Waals surface area (Å²) in [6.45, 7) is 0.156. The van der Waals surface area contributed by atoms with E-state index in [1.165, 1.54) is 23.4 Å². The van der Waals surface area contributed by atoms with Gasteiger partial charge in [-0.3, -0.25) is 0 Å². The van der Waals surface area contributed by atoms with Crippen LogP contribution in [0.5, 0.6) is 0 Å². The Hall–Kier alpha value is -0.450. The Morgan fingerprint density at radius 3 is 3.08 bits per heavy atom. The molecule has 1 fully saturated rings. The lowest BCUT2D eigenvalue weighted by molar-refractivity contribution is 0.277. The monoisotopic (exact) mass is 198 g/mol. The fourth-order valence-electron chi connectivity index (χ4n) is 1.47. The highest BCUT2D eigenvalue weighted by Gasteiger charge is 2.29. The topological polar surface area (TPSA) is 59.1 Å². The molecule has 0 aliphatic heterocycles. The Morgan fingerprint density at radius 1 is 1.69 bits per heavy atom. The maximum atomic E-state index is 8.78. The van der Waals surface area contributed by atoms with Crippen LogP contribution in [0.4, 0.5) is 0 Å². The predicted molar refractivity (Wildman–Crippen MR) is 52.7 cm³/mol. The first-order chi connectivity index (χ1) is 6.33. The van der Waals surface area contributed by atoms with Crippen molar-refractivity contribution in [3.05, 3.63) is 16.1 Å². The number of aliphatic hydroxyl groups is 1. The Bertz CT molecular complexity index is 283. The normalized spacial score (nSPS) is 18.9. The van der Waals surface area contributed by atoms with Crippen molar-refractivity contribution in [2.24, 2.45) is 5.73 Å². The molecule has 4 heteroatoms. The number of nitrogens with zero attached hydrogens (tertiary/aromatic N) is 1. The van der Waals surface area contributed by atoms with Crippen LogP contribution in [0.25, 0.3) is 0 Å². The summed E-state index contributed by atoms with van der Waals surface area (Å²) in [5, 5.41) is 8.78. The zero-order valence-electron chi connectivity index (χ0n) is 7.44. The predicted octanol–water partition coefficient (Wildman–Crippen LogP) is 1.40. The van der Waals surface area contributed by atoms with Gasteiger partial charge in [-0.05, 0) is 19.3 Å². The van der Waals surface area contributed by atoms with E-state index in [2.05, 4.69) is 4.98 Å². The fraction of sp³-hybridized carbons (Fsp3) is 0.667. The SMILES string of the molecule is NC(CCO)c1scnc1C1CC1. The van der Waals surface area contributed by atoms with Crippen LogP contribution >= 0.6 is 11.3 Å². The lowest BCUT2D eigenvalue weighted by Crippen LogP contribution is -2.12. The zero-order chi connectivity index (χ0) is 9.26. The molecule has 72 valence electrons. The largest absolute Gasteiger partial charge is 0.396 e. The highest BCUT2D eigenvalue weighted by Crippen LogP contribution is 2.43. The highest BCUT2D eigenvalue weighted by atomic mass is 32.1. The minimum Gasteiger partial charge on any atom is -0.396 e. The maximum absolute atomic E-state index is 8.78. The third kappa shape index (κ3) is 1.90. The van der Waals surface area contributed by atoms with Gasteiger partial charge in [0.05, 0.1) is 11.2 Å². The molecule has 0 saturated heterocycles. The number of hydrogen-bond donors (Lipinski definition) is 2. The van der Waals surface area contributed by atoms with Crippen molar-refractivity contribution < 1.29 is 5.11 Å². The molecular weight excluding hydrogens is 184 g/mol. The Kier molecular flexibility index (Phi) is 2.62. The van der Waals surface area contributed by atoms with Crippen molar-refractivity contribution in [1.82, 2.24) is 4.98 Å². The van der Waals surface area contributed by atoms with Gasteiger partial charge in [0.2, 0.25) is 0 Å². The van der Waals surface area contributed by atoms with Gasteiger partial charge in [0.25, 0.3) is 0 Å². The van der Waals surface area contributed by atoms with Gasteiger partial charge >= 0.3 is 0 Å². The summed E-state index contributed by atoms with van der Waals surface area (Å²) in [6.07, 6.45) is 3.15. The number of aromatic nitrogens is 1. The van der Waals surface area contributed by atoms with Crippen molar-refractivity contribution in [3.63, 3.8) is 0 Å². The van der Waals surface area contributed by atoms with E-state index in [0.29, 0.717) is 12.3 Å². The summed E-state index contributed by atoms with van der Waals surface area (Å²) < 4.78 is 0. The number of thiazole rings is 1. The highest BCUT2D eigenvalue weighted by molar-refractivity contribution is 7.09. The van der Waals surface area contributed by atoms with Gasteiger partial charge in [0.1, 0.15) is 0 Å². The lowest BCUT2D eigenvalue weighted by Gasteiger charge is -2.08. The van der Waals surface area contributed by atoms with E-state index in [1.54, 1.807) is 11.3 Å². The number of nitrogens with two attached hydrogens (primary N) is 1. The van der Waals surface area contributed by atoms with E-state index in [0.717, 1.165) is 0 Å². The van der Waals surface area contributed by atoms with Crippen LogP contribution in [0.2, 0.25) is 0 Å². The average Bonchev–Trinajstić information content (AvgIpc) is 2.84. The van der Waals surface area contributed by atoms with Crippen molar-refractivity contribution in [3.8, 4) is 0 Å². The van der Waals surface area contributed by atoms with Crippen LogP contribution in [-0.4, -0.2) is 16.7 Å². The molecule has 1 unspecified atom stereocenters. The minimum atomic E-state index is -0.0203. The average molecular weight is 198 g/mol. The van der Waals surface area contributed by atoms with E-state index in [4.69, 9.17) is 10.8 Å². The molecule has 1 aliphatic carbocycles. The van der Waals surface area contributed by atoms with Gasteiger partial charge in [-0.1, -0.05) is 0 Å². The second-order valence-electron chi connectivity index (χ2n) is 3.49. The molecule has 1 aromatic heterocycles. The van der Waals surface area contributed by atoms with Crippen molar-refractivity contribution >= 4 is 11.3 Å². The molecule has 1 heterocycles. The number of rotatable bonds is 4. The van der Waals surface area contributed by atoms with Crippen LogP contribution in [0, 0.1) is 0 Å². The van der Waals surface area contributed by atoms with Gasteiger partial charge in [-0.15, -0.1) is 11.3 Å². The van der Waals surface area contributed by atoms with Crippen molar-refractivity contribution in [2.45, 2.75) is 31.2 Å². The Balaban J connectivity index is 2.13. The van der Waals surface area contributed by atoms with Crippen molar-refractivity contribution in [1.29, 1.82) is 0 Å². The van der Waals surface area contributed by atoms with E-state index in [9.17, 15) is 0 Å². The van der Waals surface area contributed by atoms with Gasteiger partial charge in [0, 0.05) is 23.4 Å². The second-order valence-corrected chi connectivity index (χ2v) is 4.38. The Labute approximate surface area is 81.6 Å². The molecule has 0 bridgehead atoms. The van der Waals surface area contributed by atoms with Crippen LogP contribution in [0.15, 0.2) is 5.51 Å². The maximum Gasteiger partial charge on any atom is 0.0798 e. The molecule has 0 aromatic carbocycles. The van der Waals surface area contributed by atoms with E-state index >= 15 is 0 Å². The Morgan fingerprint density at radius 2 is 2.46 bits per heavy atom. The van der Waals surface area contributed by atoms with Crippen LogP contribution in [0.3, 0.4) is 0 Å². The van der Waals surface area contributed by atoms with Gasteiger partial charge in [-0.2, -0.15) is 0 Å². The standard InChI is InChI=1S/C9H14N2OS/c10-7(3-4-12)9-8(6-1-2-6)11-5-13-9/h5-7,12H,1-4,10H2. The molecular formula is C9H14N2OS. The van der Waals surface area contributed by atoms with Crippen molar-refractivity contribution in [2.75, 3.05) is 6.61 Å². The molecule has 3 nitrogen and oxygen atoms in total. The molecule has 13 heavy (non-hydrogen) atoms. The van der Waals surface area contributed by atoms with Gasteiger partial charge < -0.3 is 10.8 Å². The van der Waals surface area contributed by atoms with Gasteiger partial charge in [0.15, 0.2) is 0 Å². The first-order valence-electron chi connectivity index (χ1n) is 4.62. The molecule has 1 saturated carbocycles. The molecule has 0 radical (unpaired) electrons. The first kappa shape index (κ1) is 9.12. The summed E-state index contributed by atoms with van der Waals surface area (Å²) in [5.74, 6) is 0.658. The van der Waals surface area contributed by atoms with Crippen LogP contribution < -0.4 is 5.73 Å². The molecule has 0 spiro atoms. The smallest absolute Gasteiger partial charge is 0.0798 e. The fourth-order valence-corrected chi connectivity index (χ4v) is 2.39. The van der Waals surface area contributed by atoms with Crippen LogP contribution in [0.1, 0.15) is 41.8 Å². The molecule has 1 aliphatic rings. The number of aliphatic hydroxyl groups excluding tert-OH is 1. The lowest BCUT2D eigenvalue weighted by atomic mass is 10.1. The first-order valence-corrected chi connectivity index (χ1v) is 5.50. The molecule has 1 aromatic rings. The summed E-state index contributed by atoms with van der Waals surface area (Å²) >= 11 is 1.62. The zero-order valence-corrected chi connectivity index (χ0v) is 8.26. The second kappa shape index (κ2) is 3.74. The van der Waals surface area contributed by atoms with E-state index < -0.39 is 0 Å². The minimum absolute atomic E-state index is 0.0203. The van der Waals surface area contributed by atoms with E-state index in [-0.39, 0.29) is 12.6 Å². The third-order valence-corrected chi connectivity index (χ3v) is 3.34. The number of hydrogen-bond acceptors (Lipinski definition) is 4. The van der Waals surface area contributed by atoms with Crippen LogP contribution in [-0.2, 0) is 0 Å². The molecule has 1 atom stereocenters. The summed E-state index contributed by atoms with van der Waals surface area (Å²) in [6, 6.07) is -0.0203.